The summed E-state index contributed by atoms with van der Waals surface area (Å²) in [6, 6.07) is 43.5. The molecule has 0 saturated heterocycles. The van der Waals surface area contributed by atoms with E-state index in [0.717, 1.165) is 67.1 Å². The van der Waals surface area contributed by atoms with Gasteiger partial charge < -0.3 is 10.2 Å². The molecular formula is C46H42N2O2. The summed E-state index contributed by atoms with van der Waals surface area (Å²) < 4.78 is 0. The number of nitrogens with zero attached hydrogens (tertiary/aromatic N) is 2. The molecule has 0 aliphatic heterocycles. The van der Waals surface area contributed by atoms with Crippen molar-refractivity contribution in [3.63, 3.8) is 0 Å². The van der Waals surface area contributed by atoms with Crippen molar-refractivity contribution < 1.29 is 10.2 Å². The minimum absolute atomic E-state index is 0.329. The van der Waals surface area contributed by atoms with Gasteiger partial charge in [0.2, 0.25) is 0 Å². The summed E-state index contributed by atoms with van der Waals surface area (Å²) in [5, 5.41) is 36.9. The van der Waals surface area contributed by atoms with Crippen molar-refractivity contribution in [2.45, 2.75) is 50.9 Å². The molecule has 0 unspecified atom stereocenters. The van der Waals surface area contributed by atoms with E-state index in [-0.39, 0.29) is 0 Å². The van der Waals surface area contributed by atoms with Crippen molar-refractivity contribution in [3.05, 3.63) is 132 Å². The molecule has 0 heterocycles. The molecule has 248 valence electrons. The second kappa shape index (κ2) is 12.3. The van der Waals surface area contributed by atoms with E-state index < -0.39 is 0 Å². The Morgan fingerprint density at radius 2 is 0.820 bits per heavy atom. The summed E-state index contributed by atoms with van der Waals surface area (Å²) in [6.07, 6.45) is 4.61. The Labute approximate surface area is 292 Å². The maximum Gasteiger partial charge on any atom is 0.128 e. The van der Waals surface area contributed by atoms with Gasteiger partial charge in [-0.05, 0) is 105 Å². The molecule has 0 aromatic heterocycles. The normalized spacial score (nSPS) is 17.0. The lowest BCUT2D eigenvalue weighted by Crippen LogP contribution is -2.50. The van der Waals surface area contributed by atoms with E-state index in [1.54, 1.807) is 0 Å². The van der Waals surface area contributed by atoms with Crippen LogP contribution in [0.5, 0.6) is 11.5 Å². The van der Waals surface area contributed by atoms with Crippen molar-refractivity contribution >= 4 is 64.6 Å². The number of benzene rings is 8. The fourth-order valence-electron chi connectivity index (χ4n) is 8.87. The molecule has 50 heavy (non-hydrogen) atoms. The van der Waals surface area contributed by atoms with Crippen LogP contribution in [0.3, 0.4) is 0 Å². The van der Waals surface area contributed by atoms with Gasteiger partial charge in [0.1, 0.15) is 11.5 Å². The van der Waals surface area contributed by atoms with Crippen LogP contribution in [0.1, 0.15) is 36.8 Å². The summed E-state index contributed by atoms with van der Waals surface area (Å²) >= 11 is 0. The Morgan fingerprint density at radius 1 is 0.460 bits per heavy atom. The van der Waals surface area contributed by atoms with E-state index in [0.29, 0.717) is 36.7 Å². The first-order valence-corrected chi connectivity index (χ1v) is 18.0. The molecule has 8 aromatic carbocycles. The average Bonchev–Trinajstić information content (AvgIpc) is 3.15. The largest absolute Gasteiger partial charge is 0.507 e. The zero-order valence-corrected chi connectivity index (χ0v) is 28.7. The predicted octanol–water partition coefficient (Wildman–Crippen LogP) is 10.9. The minimum atomic E-state index is 0.329. The van der Waals surface area contributed by atoms with Gasteiger partial charge in [-0.2, -0.15) is 0 Å². The third-order valence-electron chi connectivity index (χ3n) is 11.5. The molecule has 9 rings (SSSR count). The average molecular weight is 655 g/mol. The fraction of sp³-hybridized carbons (Fsp3) is 0.217. The van der Waals surface area contributed by atoms with E-state index in [2.05, 4.69) is 145 Å². The lowest BCUT2D eigenvalue weighted by molar-refractivity contribution is 0.0686. The predicted molar refractivity (Wildman–Crippen MR) is 210 cm³/mol. The third-order valence-corrected chi connectivity index (χ3v) is 11.5. The van der Waals surface area contributed by atoms with Gasteiger partial charge in [0.25, 0.3) is 0 Å². The number of phenols is 2. The molecule has 0 spiro atoms. The zero-order chi connectivity index (χ0) is 33.9. The number of hydrogen-bond acceptors (Lipinski definition) is 4. The van der Waals surface area contributed by atoms with Crippen LogP contribution >= 0.6 is 0 Å². The fourth-order valence-corrected chi connectivity index (χ4v) is 8.87. The van der Waals surface area contributed by atoms with Crippen molar-refractivity contribution in [1.29, 1.82) is 0 Å². The number of hydrogen-bond donors (Lipinski definition) is 2. The highest BCUT2D eigenvalue weighted by molar-refractivity contribution is 6.15. The molecule has 0 radical (unpaired) electrons. The van der Waals surface area contributed by atoms with Crippen LogP contribution in [-0.2, 0) is 13.1 Å². The van der Waals surface area contributed by atoms with E-state index >= 15 is 0 Å². The number of aromatic hydroxyl groups is 2. The van der Waals surface area contributed by atoms with E-state index in [1.165, 1.54) is 34.4 Å². The standard InChI is InChI=1S/C46H42N2O2/c1-47(27-37-21-17-29-15-19-35-23-31-9-3-5-11-33(31)25-39(35)43(29)45(37)49)41-13-7-8-14-42(41)48(2)28-38-22-18-30-16-20-36-24-32-10-4-6-12-34(32)26-40(36)44(30)46(38)50/h3-6,9-12,15-26,41-42,49-50H,7-8,13-14,27-28H2,1-2H3/t41-,42-/m1/s1. The Hall–Kier alpha value is -5.16. The van der Waals surface area contributed by atoms with Crippen molar-refractivity contribution in [2.24, 2.45) is 0 Å². The van der Waals surface area contributed by atoms with Crippen LogP contribution in [0.15, 0.2) is 121 Å². The Kier molecular flexibility index (Phi) is 7.60. The molecule has 0 bridgehead atoms. The summed E-state index contributed by atoms with van der Waals surface area (Å²) in [5.41, 5.74) is 1.92. The van der Waals surface area contributed by atoms with Crippen molar-refractivity contribution in [2.75, 3.05) is 14.1 Å². The molecule has 2 N–H and O–H groups in total. The van der Waals surface area contributed by atoms with Crippen LogP contribution in [0, 0.1) is 0 Å². The van der Waals surface area contributed by atoms with E-state index in [9.17, 15) is 10.2 Å². The highest BCUT2D eigenvalue weighted by atomic mass is 16.3. The molecule has 1 aliphatic rings. The minimum Gasteiger partial charge on any atom is -0.507 e. The lowest BCUT2D eigenvalue weighted by Gasteiger charge is -2.43. The second-order valence-corrected chi connectivity index (χ2v) is 14.6. The van der Waals surface area contributed by atoms with Gasteiger partial charge in [0.05, 0.1) is 0 Å². The van der Waals surface area contributed by atoms with Crippen LogP contribution in [-0.4, -0.2) is 46.2 Å². The third kappa shape index (κ3) is 5.22. The molecule has 1 fully saturated rings. The van der Waals surface area contributed by atoms with Crippen LogP contribution in [0.4, 0.5) is 0 Å². The molecule has 0 amide bonds. The number of fused-ring (bicyclic) bond motifs is 8. The second-order valence-electron chi connectivity index (χ2n) is 14.6. The SMILES string of the molecule is CN(Cc1ccc2ccc3cc4ccccc4cc3c2c1O)[C@@H]1CCCC[C@H]1N(C)Cc1ccc2ccc3cc4ccccc4cc3c2c1O. The number of rotatable bonds is 6. The van der Waals surface area contributed by atoms with Gasteiger partial charge in [-0.1, -0.05) is 110 Å². The molecular weight excluding hydrogens is 613 g/mol. The summed E-state index contributed by atoms with van der Waals surface area (Å²) in [7, 11) is 4.42. The molecule has 1 saturated carbocycles. The Bertz CT molecular complexity index is 2410. The molecule has 8 aromatic rings. The lowest BCUT2D eigenvalue weighted by atomic mass is 9.87. The zero-order valence-electron chi connectivity index (χ0n) is 28.7. The van der Waals surface area contributed by atoms with Gasteiger partial charge in [-0.3, -0.25) is 9.80 Å². The van der Waals surface area contributed by atoms with Crippen LogP contribution in [0.2, 0.25) is 0 Å². The maximum atomic E-state index is 11.8. The summed E-state index contributed by atoms with van der Waals surface area (Å²) in [5.74, 6) is 0.772. The highest BCUT2D eigenvalue weighted by Crippen LogP contribution is 2.40. The smallest absolute Gasteiger partial charge is 0.128 e. The van der Waals surface area contributed by atoms with Gasteiger partial charge in [-0.25, -0.2) is 0 Å². The number of phenolic OH excluding ortho intramolecular Hbond substituents is 2. The van der Waals surface area contributed by atoms with Crippen molar-refractivity contribution in [1.82, 2.24) is 9.80 Å². The van der Waals surface area contributed by atoms with Crippen LogP contribution in [0.25, 0.3) is 64.6 Å². The summed E-state index contributed by atoms with van der Waals surface area (Å²) in [4.78, 5) is 4.89. The van der Waals surface area contributed by atoms with E-state index in [1.807, 2.05) is 0 Å². The summed E-state index contributed by atoms with van der Waals surface area (Å²) in [6.45, 7) is 1.34. The quantitative estimate of drug-likeness (QED) is 0.138. The first-order valence-electron chi connectivity index (χ1n) is 18.0. The first kappa shape index (κ1) is 30.9. The molecule has 4 nitrogen and oxygen atoms in total. The van der Waals surface area contributed by atoms with Gasteiger partial charge in [-0.15, -0.1) is 0 Å². The van der Waals surface area contributed by atoms with Gasteiger partial charge in [0, 0.05) is 47.1 Å². The van der Waals surface area contributed by atoms with Gasteiger partial charge >= 0.3 is 0 Å². The molecule has 1 aliphatic carbocycles. The van der Waals surface area contributed by atoms with Gasteiger partial charge in [0.15, 0.2) is 0 Å². The van der Waals surface area contributed by atoms with Crippen molar-refractivity contribution in [3.8, 4) is 11.5 Å². The molecule has 4 heteroatoms. The Balaban J connectivity index is 1.01. The topological polar surface area (TPSA) is 46.9 Å². The van der Waals surface area contributed by atoms with E-state index in [4.69, 9.17) is 0 Å². The maximum absolute atomic E-state index is 11.8. The molecule has 2 atom stereocenters. The monoisotopic (exact) mass is 654 g/mol. The van der Waals surface area contributed by atoms with Crippen LogP contribution < -0.4 is 0 Å². The first-order chi connectivity index (χ1) is 24.4. The number of likely N-dealkylation sites (N-methyl/N-ethyl adjacent to an activating group) is 2. The Morgan fingerprint density at radius 3 is 1.24 bits per heavy atom. The highest BCUT2D eigenvalue weighted by Gasteiger charge is 2.32.